The molecule has 1 heterocycles. The van der Waals surface area contributed by atoms with Gasteiger partial charge in [0.05, 0.1) is 12.6 Å². The topological polar surface area (TPSA) is 102 Å². The second kappa shape index (κ2) is 13.1. The van der Waals surface area contributed by atoms with Crippen LogP contribution < -0.4 is 5.32 Å². The van der Waals surface area contributed by atoms with Crippen molar-refractivity contribution >= 4 is 23.8 Å². The van der Waals surface area contributed by atoms with E-state index in [1.807, 2.05) is 60.7 Å². The Labute approximate surface area is 204 Å². The predicted octanol–water partition coefficient (Wildman–Crippen LogP) is 3.20. The summed E-state index contributed by atoms with van der Waals surface area (Å²) in [6.07, 6.45) is 2.96. The number of hydrogen-bond donors (Lipinski definition) is 1. The molecule has 2 atom stereocenters. The molecule has 2 amide bonds. The van der Waals surface area contributed by atoms with Gasteiger partial charge in [0, 0.05) is 19.0 Å². The minimum Gasteiger partial charge on any atom is -0.463 e. The van der Waals surface area contributed by atoms with Gasteiger partial charge in [-0.1, -0.05) is 60.7 Å². The van der Waals surface area contributed by atoms with Gasteiger partial charge in [-0.25, -0.2) is 9.59 Å². The van der Waals surface area contributed by atoms with Crippen LogP contribution >= 0.6 is 0 Å². The third kappa shape index (κ3) is 7.81. The molecule has 0 bridgehead atoms. The number of nitrogens with zero attached hydrogens (tertiary/aromatic N) is 1. The largest absolute Gasteiger partial charge is 0.463 e. The molecular formula is C27H30N2O6. The van der Waals surface area contributed by atoms with Crippen molar-refractivity contribution in [2.45, 2.75) is 44.9 Å². The SMILES string of the molecule is CCOC(=O)/C=C/C(=O)[C@H](Cc1ccccc1)NC(=O)[C@@H]1CCCN1C(=O)OCc1ccccc1. The Balaban J connectivity index is 1.66. The summed E-state index contributed by atoms with van der Waals surface area (Å²) in [4.78, 5) is 51.7. The molecule has 1 saturated heterocycles. The smallest absolute Gasteiger partial charge is 0.410 e. The number of hydrogen-bond acceptors (Lipinski definition) is 6. The summed E-state index contributed by atoms with van der Waals surface area (Å²) in [6, 6.07) is 16.9. The fraction of sp³-hybridized carbons (Fsp3) is 0.333. The van der Waals surface area contributed by atoms with Crippen LogP contribution in [0, 0.1) is 0 Å². The number of carbonyl (C=O) groups excluding carboxylic acids is 4. The first-order valence-corrected chi connectivity index (χ1v) is 11.7. The zero-order valence-corrected chi connectivity index (χ0v) is 19.7. The van der Waals surface area contributed by atoms with Gasteiger partial charge < -0.3 is 14.8 Å². The molecule has 184 valence electrons. The van der Waals surface area contributed by atoms with Gasteiger partial charge in [0.1, 0.15) is 12.6 Å². The van der Waals surface area contributed by atoms with Crippen LogP contribution in [0.3, 0.4) is 0 Å². The van der Waals surface area contributed by atoms with Gasteiger partial charge in [-0.2, -0.15) is 0 Å². The normalized spacial score (nSPS) is 16.0. The maximum Gasteiger partial charge on any atom is 0.410 e. The zero-order valence-electron chi connectivity index (χ0n) is 19.7. The lowest BCUT2D eigenvalue weighted by atomic mass is 10.0. The second-order valence-electron chi connectivity index (χ2n) is 8.13. The fourth-order valence-corrected chi connectivity index (χ4v) is 3.86. The lowest BCUT2D eigenvalue weighted by molar-refractivity contribution is -0.137. The van der Waals surface area contributed by atoms with Crippen molar-refractivity contribution in [2.24, 2.45) is 0 Å². The van der Waals surface area contributed by atoms with Crippen LogP contribution in [0.15, 0.2) is 72.8 Å². The zero-order chi connectivity index (χ0) is 25.0. The Hall–Kier alpha value is -3.94. The average Bonchev–Trinajstić information content (AvgIpc) is 3.37. The summed E-state index contributed by atoms with van der Waals surface area (Å²) in [5.74, 6) is -1.50. The molecule has 0 unspecified atom stereocenters. The lowest BCUT2D eigenvalue weighted by Gasteiger charge is -2.25. The lowest BCUT2D eigenvalue weighted by Crippen LogP contribution is -2.51. The molecule has 35 heavy (non-hydrogen) atoms. The number of ketones is 1. The first-order valence-electron chi connectivity index (χ1n) is 11.7. The average molecular weight is 479 g/mol. The molecular weight excluding hydrogens is 448 g/mol. The molecule has 1 aliphatic heterocycles. The van der Waals surface area contributed by atoms with Gasteiger partial charge in [-0.15, -0.1) is 0 Å². The number of amides is 2. The van der Waals surface area contributed by atoms with Gasteiger partial charge in [0.2, 0.25) is 5.91 Å². The van der Waals surface area contributed by atoms with E-state index in [0.29, 0.717) is 19.4 Å². The van der Waals surface area contributed by atoms with Gasteiger partial charge in [-0.05, 0) is 37.0 Å². The molecule has 2 aromatic carbocycles. The maximum atomic E-state index is 13.2. The molecule has 8 heteroatoms. The summed E-state index contributed by atoms with van der Waals surface area (Å²) in [5, 5.41) is 2.78. The Morgan fingerprint density at radius 2 is 1.63 bits per heavy atom. The molecule has 2 aromatic rings. The van der Waals surface area contributed by atoms with E-state index in [4.69, 9.17) is 9.47 Å². The molecule has 0 aromatic heterocycles. The van der Waals surface area contributed by atoms with Gasteiger partial charge in [0.15, 0.2) is 5.78 Å². The molecule has 0 aliphatic carbocycles. The summed E-state index contributed by atoms with van der Waals surface area (Å²) in [5.41, 5.74) is 1.70. The Kier molecular flexibility index (Phi) is 9.59. The number of likely N-dealkylation sites (tertiary alicyclic amines) is 1. The van der Waals surface area contributed by atoms with E-state index in [9.17, 15) is 19.2 Å². The van der Waals surface area contributed by atoms with Gasteiger partial charge in [-0.3, -0.25) is 14.5 Å². The molecule has 1 N–H and O–H groups in total. The number of rotatable bonds is 10. The van der Waals surface area contributed by atoms with E-state index in [-0.39, 0.29) is 19.6 Å². The number of esters is 1. The monoisotopic (exact) mass is 478 g/mol. The fourth-order valence-electron chi connectivity index (χ4n) is 3.86. The molecule has 0 spiro atoms. The molecule has 8 nitrogen and oxygen atoms in total. The number of ether oxygens (including phenoxy) is 2. The number of benzene rings is 2. The standard InChI is InChI=1S/C27H30N2O6/c1-2-34-25(31)16-15-24(30)22(18-20-10-5-3-6-11-20)28-26(32)23-14-9-17-29(23)27(33)35-19-21-12-7-4-8-13-21/h3-8,10-13,15-16,22-23H,2,9,14,17-19H2,1H3,(H,28,32)/b16-15+/t22-,23-/m0/s1. The van der Waals surface area contributed by atoms with Crippen molar-refractivity contribution in [3.8, 4) is 0 Å². The number of carbonyl (C=O) groups is 4. The summed E-state index contributed by atoms with van der Waals surface area (Å²) in [7, 11) is 0. The third-order valence-electron chi connectivity index (χ3n) is 5.61. The summed E-state index contributed by atoms with van der Waals surface area (Å²) < 4.78 is 10.2. The van der Waals surface area contributed by atoms with Crippen molar-refractivity contribution in [1.29, 1.82) is 0 Å². The molecule has 1 aliphatic rings. The second-order valence-corrected chi connectivity index (χ2v) is 8.13. The highest BCUT2D eigenvalue weighted by molar-refractivity contribution is 6.01. The Morgan fingerprint density at radius 1 is 0.971 bits per heavy atom. The van der Waals surface area contributed by atoms with Gasteiger partial charge >= 0.3 is 12.1 Å². The molecule has 0 saturated carbocycles. The van der Waals surface area contributed by atoms with Crippen LogP contribution in [0.25, 0.3) is 0 Å². The van der Waals surface area contributed by atoms with Crippen LogP contribution in [0.5, 0.6) is 0 Å². The Morgan fingerprint density at radius 3 is 2.29 bits per heavy atom. The van der Waals surface area contributed by atoms with Crippen molar-refractivity contribution in [2.75, 3.05) is 13.2 Å². The Bertz CT molecular complexity index is 1040. The molecule has 1 fully saturated rings. The van der Waals surface area contributed by atoms with Crippen LogP contribution in [-0.4, -0.2) is 53.9 Å². The van der Waals surface area contributed by atoms with Crippen molar-refractivity contribution in [3.63, 3.8) is 0 Å². The highest BCUT2D eigenvalue weighted by atomic mass is 16.6. The predicted molar refractivity (Wildman–Crippen MR) is 129 cm³/mol. The highest BCUT2D eigenvalue weighted by Crippen LogP contribution is 2.20. The molecule has 3 rings (SSSR count). The van der Waals surface area contributed by atoms with E-state index >= 15 is 0 Å². The molecule has 0 radical (unpaired) electrons. The van der Waals surface area contributed by atoms with E-state index in [0.717, 1.165) is 23.3 Å². The summed E-state index contributed by atoms with van der Waals surface area (Å²) >= 11 is 0. The first-order chi connectivity index (χ1) is 17.0. The van der Waals surface area contributed by atoms with E-state index < -0.39 is 35.8 Å². The van der Waals surface area contributed by atoms with Crippen molar-refractivity contribution < 1.29 is 28.7 Å². The quantitative estimate of drug-likeness (QED) is 0.416. The van der Waals surface area contributed by atoms with Crippen LogP contribution in [0.1, 0.15) is 30.9 Å². The van der Waals surface area contributed by atoms with Crippen molar-refractivity contribution in [1.82, 2.24) is 10.2 Å². The first kappa shape index (κ1) is 25.7. The maximum absolute atomic E-state index is 13.2. The van der Waals surface area contributed by atoms with Crippen LogP contribution in [0.4, 0.5) is 4.79 Å². The minimum absolute atomic E-state index is 0.109. The minimum atomic E-state index is -0.904. The van der Waals surface area contributed by atoms with Crippen LogP contribution in [-0.2, 0) is 36.9 Å². The van der Waals surface area contributed by atoms with Gasteiger partial charge in [0.25, 0.3) is 0 Å². The van der Waals surface area contributed by atoms with E-state index in [1.54, 1.807) is 6.92 Å². The number of nitrogens with one attached hydrogen (secondary N) is 1. The summed E-state index contributed by atoms with van der Waals surface area (Å²) in [6.45, 7) is 2.37. The third-order valence-corrected chi connectivity index (χ3v) is 5.61. The van der Waals surface area contributed by atoms with Crippen LogP contribution in [0.2, 0.25) is 0 Å². The van der Waals surface area contributed by atoms with E-state index in [2.05, 4.69) is 5.32 Å². The van der Waals surface area contributed by atoms with E-state index in [1.165, 1.54) is 4.90 Å². The van der Waals surface area contributed by atoms with Crippen molar-refractivity contribution in [3.05, 3.63) is 83.9 Å². The highest BCUT2D eigenvalue weighted by Gasteiger charge is 2.36.